The van der Waals surface area contributed by atoms with Crippen LogP contribution in [0.3, 0.4) is 0 Å². The van der Waals surface area contributed by atoms with Gasteiger partial charge in [0.15, 0.2) is 0 Å². The molecule has 0 bridgehead atoms. The summed E-state index contributed by atoms with van der Waals surface area (Å²) >= 11 is 6.80. The Hall–Kier alpha value is -0.350. The second-order valence-electron chi connectivity index (χ2n) is 10.9. The largest absolute Gasteiger partial charge is 0.468 e. The summed E-state index contributed by atoms with van der Waals surface area (Å²) in [5.41, 5.74) is 0. The van der Waals surface area contributed by atoms with Gasteiger partial charge >= 0.3 is 17.9 Å². The molecule has 0 rings (SSSR count). The highest BCUT2D eigenvalue weighted by Crippen LogP contribution is 2.09. The van der Waals surface area contributed by atoms with E-state index in [2.05, 4.69) is 59.1 Å². The van der Waals surface area contributed by atoms with E-state index in [1.807, 2.05) is 44.6 Å². The predicted octanol–water partition coefficient (Wildman–Crippen LogP) is 3.39. The zero-order valence-electron chi connectivity index (χ0n) is 29.7. The summed E-state index contributed by atoms with van der Waals surface area (Å²) < 4.78 is 14.3. The van der Waals surface area contributed by atoms with E-state index in [1.165, 1.54) is 21.3 Å². The van der Waals surface area contributed by atoms with Crippen LogP contribution in [0.5, 0.6) is 0 Å². The molecule has 0 aromatic carbocycles. The van der Waals surface area contributed by atoms with Crippen LogP contribution in [-0.2, 0) is 28.6 Å². The molecule has 0 saturated heterocycles. The summed E-state index contributed by atoms with van der Waals surface area (Å²) in [6.45, 7) is 13.0. The van der Waals surface area contributed by atoms with Gasteiger partial charge in [0.2, 0.25) is 0 Å². The topological polar surface area (TPSA) is 109 Å². The molecular formula is C30H64N4O6S4. The Balaban J connectivity index is -0.000000579. The Morgan fingerprint density at radius 2 is 1.14 bits per heavy atom. The lowest BCUT2D eigenvalue weighted by atomic mass is 10.2. The van der Waals surface area contributed by atoms with Crippen LogP contribution in [-0.4, -0.2) is 162 Å². The van der Waals surface area contributed by atoms with Gasteiger partial charge in [-0.05, 0) is 57.5 Å². The number of nitrogens with one attached hydrogen (secondary N) is 2. The minimum Gasteiger partial charge on any atom is -0.468 e. The van der Waals surface area contributed by atoms with Gasteiger partial charge in [-0.1, -0.05) is 27.7 Å². The molecule has 3 atom stereocenters. The van der Waals surface area contributed by atoms with Gasteiger partial charge in [0.1, 0.15) is 18.1 Å². The lowest BCUT2D eigenvalue weighted by molar-refractivity contribution is -0.146. The van der Waals surface area contributed by atoms with Crippen molar-refractivity contribution in [3.63, 3.8) is 0 Å². The van der Waals surface area contributed by atoms with Crippen molar-refractivity contribution >= 4 is 65.0 Å². The SMILES string of the molecule is COC(=O)C(CSC)N(C)CC(C)C.COC(=O)C(CSC)N(C)CCNCCSC.COC(=O)C(CSC)NCC(C)C. The number of hydrogen-bond acceptors (Lipinski definition) is 14. The van der Waals surface area contributed by atoms with Gasteiger partial charge in [-0.25, -0.2) is 0 Å². The lowest BCUT2D eigenvalue weighted by Gasteiger charge is -2.26. The summed E-state index contributed by atoms with van der Waals surface area (Å²) in [6, 6.07) is -0.419. The molecule has 0 fully saturated rings. The number of thioether (sulfide) groups is 4. The molecule has 0 radical (unpaired) electrons. The summed E-state index contributed by atoms with van der Waals surface area (Å²) in [4.78, 5) is 38.4. The summed E-state index contributed by atoms with van der Waals surface area (Å²) in [5.74, 6) is 4.10. The van der Waals surface area contributed by atoms with E-state index < -0.39 is 0 Å². The number of methoxy groups -OCH3 is 3. The van der Waals surface area contributed by atoms with Crippen molar-refractivity contribution in [3.8, 4) is 0 Å². The highest BCUT2D eigenvalue weighted by Gasteiger charge is 2.24. The number of hydrogen-bond donors (Lipinski definition) is 2. The number of rotatable bonds is 22. The zero-order valence-corrected chi connectivity index (χ0v) is 33.0. The highest BCUT2D eigenvalue weighted by molar-refractivity contribution is 7.99. The lowest BCUT2D eigenvalue weighted by Crippen LogP contribution is -2.44. The minimum absolute atomic E-state index is 0.114. The van der Waals surface area contributed by atoms with E-state index in [4.69, 9.17) is 9.47 Å². The molecule has 0 aromatic heterocycles. The van der Waals surface area contributed by atoms with Gasteiger partial charge in [-0.15, -0.1) is 0 Å². The molecule has 0 saturated carbocycles. The van der Waals surface area contributed by atoms with Crippen LogP contribution in [0.2, 0.25) is 0 Å². The van der Waals surface area contributed by atoms with Crippen molar-refractivity contribution in [2.45, 2.75) is 45.8 Å². The Kier molecular flexibility index (Phi) is 35.6. The van der Waals surface area contributed by atoms with Crippen LogP contribution < -0.4 is 10.6 Å². The fraction of sp³-hybridized carbons (Fsp3) is 0.900. The maximum absolute atomic E-state index is 11.6. The molecule has 0 aliphatic heterocycles. The second-order valence-corrected chi connectivity index (χ2v) is 14.6. The quantitative estimate of drug-likeness (QED) is 0.0977. The third-order valence-corrected chi connectivity index (χ3v) is 8.61. The van der Waals surface area contributed by atoms with Crippen LogP contribution in [0, 0.1) is 11.8 Å². The summed E-state index contributed by atoms with van der Waals surface area (Å²) in [7, 11) is 8.25. The third kappa shape index (κ3) is 26.8. The fourth-order valence-electron chi connectivity index (χ4n) is 3.65. The molecule has 0 aromatic rings. The molecule has 264 valence electrons. The predicted molar refractivity (Wildman–Crippen MR) is 197 cm³/mol. The maximum atomic E-state index is 11.6. The van der Waals surface area contributed by atoms with Crippen LogP contribution in [0.25, 0.3) is 0 Å². The van der Waals surface area contributed by atoms with Gasteiger partial charge < -0.3 is 24.8 Å². The van der Waals surface area contributed by atoms with Gasteiger partial charge in [-0.3, -0.25) is 24.2 Å². The molecule has 0 spiro atoms. The Morgan fingerprint density at radius 3 is 1.52 bits per heavy atom. The molecular weight excluding hydrogens is 641 g/mol. The maximum Gasteiger partial charge on any atom is 0.323 e. The van der Waals surface area contributed by atoms with Crippen molar-refractivity contribution in [3.05, 3.63) is 0 Å². The van der Waals surface area contributed by atoms with Crippen LogP contribution in [0.1, 0.15) is 27.7 Å². The first kappa shape index (κ1) is 48.1. The first-order valence-corrected chi connectivity index (χ1v) is 20.4. The molecule has 0 amide bonds. The fourth-order valence-corrected chi connectivity index (χ4v) is 6.00. The molecule has 44 heavy (non-hydrogen) atoms. The first-order valence-electron chi connectivity index (χ1n) is 14.8. The van der Waals surface area contributed by atoms with Crippen molar-refractivity contribution in [2.75, 3.05) is 116 Å². The Labute approximate surface area is 286 Å². The molecule has 3 unspecified atom stereocenters. The van der Waals surface area contributed by atoms with Gasteiger partial charge in [0, 0.05) is 49.2 Å². The normalized spacial score (nSPS) is 13.0. The number of ether oxygens (including phenoxy) is 3. The molecule has 10 nitrogen and oxygen atoms in total. The van der Waals surface area contributed by atoms with E-state index in [1.54, 1.807) is 35.3 Å². The van der Waals surface area contributed by atoms with Gasteiger partial charge in [0.05, 0.1) is 21.3 Å². The zero-order chi connectivity index (χ0) is 34.5. The van der Waals surface area contributed by atoms with Gasteiger partial charge in [0.25, 0.3) is 0 Å². The number of carbonyl (C=O) groups is 3. The third-order valence-electron chi connectivity index (χ3n) is 6.03. The van der Waals surface area contributed by atoms with Gasteiger partial charge in [-0.2, -0.15) is 47.0 Å². The van der Waals surface area contributed by atoms with Crippen LogP contribution in [0.15, 0.2) is 0 Å². The molecule has 0 aliphatic rings. The van der Waals surface area contributed by atoms with E-state index >= 15 is 0 Å². The Bertz CT molecular complexity index is 710. The smallest absolute Gasteiger partial charge is 0.323 e. The molecule has 14 heteroatoms. The van der Waals surface area contributed by atoms with Crippen molar-refractivity contribution in [1.82, 2.24) is 20.4 Å². The summed E-state index contributed by atoms with van der Waals surface area (Å²) in [5, 5.41) is 6.53. The summed E-state index contributed by atoms with van der Waals surface area (Å²) in [6.07, 6.45) is 8.08. The number of likely N-dealkylation sites (N-methyl/N-ethyl adjacent to an activating group) is 2. The molecule has 0 heterocycles. The average Bonchev–Trinajstić information content (AvgIpc) is 2.99. The number of carbonyl (C=O) groups excluding carboxylic acids is 3. The molecule has 0 aliphatic carbocycles. The van der Waals surface area contributed by atoms with E-state index in [-0.39, 0.29) is 36.0 Å². The van der Waals surface area contributed by atoms with E-state index in [0.717, 1.165) is 55.7 Å². The number of nitrogens with zero attached hydrogens (tertiary/aromatic N) is 2. The monoisotopic (exact) mass is 704 g/mol. The Morgan fingerprint density at radius 1 is 0.659 bits per heavy atom. The second kappa shape index (κ2) is 32.6. The standard InChI is InChI=1S/C11H24N2O2S2.C10H21NO2S.C9H19NO2S/c1-13(7-5-12-6-8-16-3)10(9-17-4)11(14)15-2;1-8(2)6-11(3)9(7-14-5)10(12)13-4;1-7(2)5-10-8(6-13-4)9(11)12-3/h10,12H,5-9H2,1-4H3;8-9H,6-7H2,1-5H3;7-8,10H,5-6H2,1-4H3. The van der Waals surface area contributed by atoms with Crippen molar-refractivity contribution in [2.24, 2.45) is 11.8 Å². The van der Waals surface area contributed by atoms with E-state index in [9.17, 15) is 14.4 Å². The number of esters is 3. The highest BCUT2D eigenvalue weighted by atomic mass is 32.2. The van der Waals surface area contributed by atoms with Crippen molar-refractivity contribution in [1.29, 1.82) is 0 Å². The first-order chi connectivity index (χ1) is 20.8. The van der Waals surface area contributed by atoms with Crippen LogP contribution >= 0.6 is 47.0 Å². The minimum atomic E-state index is -0.171. The average molecular weight is 705 g/mol. The van der Waals surface area contributed by atoms with E-state index in [0.29, 0.717) is 11.8 Å². The van der Waals surface area contributed by atoms with Crippen LogP contribution in [0.4, 0.5) is 0 Å². The molecule has 2 N–H and O–H groups in total. The van der Waals surface area contributed by atoms with Crippen molar-refractivity contribution < 1.29 is 28.6 Å².